The van der Waals surface area contributed by atoms with E-state index in [1.54, 1.807) is 18.2 Å². The minimum absolute atomic E-state index is 0.0947. The highest BCUT2D eigenvalue weighted by Crippen LogP contribution is 2.29. The summed E-state index contributed by atoms with van der Waals surface area (Å²) in [6.45, 7) is 3.10. The number of morpholine rings is 1. The van der Waals surface area contributed by atoms with Crippen molar-refractivity contribution in [3.63, 3.8) is 0 Å². The first kappa shape index (κ1) is 17.9. The van der Waals surface area contributed by atoms with Crippen LogP contribution in [0.1, 0.15) is 0 Å². The average molecular weight is 380 g/mol. The monoisotopic (exact) mass is 379 g/mol. The Morgan fingerprint density at radius 3 is 2.56 bits per heavy atom. The molecule has 0 aromatic heterocycles. The first-order valence-electron chi connectivity index (χ1n) is 8.04. The summed E-state index contributed by atoms with van der Waals surface area (Å²) in [6.07, 6.45) is 0. The Bertz CT molecular complexity index is 749. The van der Waals surface area contributed by atoms with Gasteiger partial charge in [-0.1, -0.05) is 41.4 Å². The van der Waals surface area contributed by atoms with Gasteiger partial charge in [-0.15, -0.1) is 0 Å². The Kier molecular flexibility index (Phi) is 6.02. The molecule has 5 nitrogen and oxygen atoms in total. The molecular weight excluding hydrogens is 361 g/mol. The number of carbonyl (C=O) groups is 1. The molecule has 1 heterocycles. The molecule has 0 radical (unpaired) electrons. The number of hydrogen-bond donors (Lipinski definition) is 2. The first-order chi connectivity index (χ1) is 12.1. The number of rotatable bonds is 5. The van der Waals surface area contributed by atoms with E-state index in [0.29, 0.717) is 28.9 Å². The summed E-state index contributed by atoms with van der Waals surface area (Å²) >= 11 is 12.1. The molecule has 1 amide bonds. The molecule has 0 aliphatic carbocycles. The van der Waals surface area contributed by atoms with E-state index >= 15 is 0 Å². The van der Waals surface area contributed by atoms with Gasteiger partial charge in [0, 0.05) is 13.1 Å². The van der Waals surface area contributed by atoms with Gasteiger partial charge in [0.05, 0.1) is 46.9 Å². The highest BCUT2D eigenvalue weighted by Gasteiger charge is 2.15. The number of hydrogen-bond acceptors (Lipinski definition) is 4. The average Bonchev–Trinajstić information content (AvgIpc) is 2.64. The van der Waals surface area contributed by atoms with Gasteiger partial charge < -0.3 is 20.3 Å². The predicted molar refractivity (Wildman–Crippen MR) is 103 cm³/mol. The van der Waals surface area contributed by atoms with Gasteiger partial charge in [-0.25, -0.2) is 0 Å². The Morgan fingerprint density at radius 1 is 1.04 bits per heavy atom. The maximum Gasteiger partial charge on any atom is 0.243 e. The third kappa shape index (κ3) is 4.57. The number of para-hydroxylation sites is 2. The molecule has 2 N–H and O–H groups in total. The van der Waals surface area contributed by atoms with E-state index in [0.717, 1.165) is 24.5 Å². The Hall–Kier alpha value is -1.95. The molecule has 1 aliphatic rings. The molecule has 0 spiro atoms. The molecular formula is C18H19Cl2N3O2. The second-order valence-electron chi connectivity index (χ2n) is 5.62. The van der Waals surface area contributed by atoms with Crippen molar-refractivity contribution in [1.29, 1.82) is 0 Å². The summed E-state index contributed by atoms with van der Waals surface area (Å²) in [5, 5.41) is 6.82. The SMILES string of the molecule is O=C(CNc1cccc(Cl)c1Cl)Nc1ccccc1N1CCOCC1. The summed E-state index contributed by atoms with van der Waals surface area (Å²) < 4.78 is 5.39. The summed E-state index contributed by atoms with van der Waals surface area (Å²) in [5.41, 5.74) is 2.42. The van der Waals surface area contributed by atoms with Gasteiger partial charge in [-0.05, 0) is 24.3 Å². The van der Waals surface area contributed by atoms with Crippen molar-refractivity contribution in [2.24, 2.45) is 0 Å². The van der Waals surface area contributed by atoms with Gasteiger partial charge in [0.1, 0.15) is 0 Å². The van der Waals surface area contributed by atoms with Crippen LogP contribution in [0, 0.1) is 0 Å². The van der Waals surface area contributed by atoms with Crippen LogP contribution in [0.5, 0.6) is 0 Å². The fraction of sp³-hybridized carbons (Fsp3) is 0.278. The van der Waals surface area contributed by atoms with E-state index in [2.05, 4.69) is 15.5 Å². The molecule has 0 bridgehead atoms. The van der Waals surface area contributed by atoms with Crippen LogP contribution >= 0.6 is 23.2 Å². The minimum atomic E-state index is -0.156. The fourth-order valence-electron chi connectivity index (χ4n) is 2.67. The molecule has 3 rings (SSSR count). The molecule has 1 saturated heterocycles. The second-order valence-corrected chi connectivity index (χ2v) is 6.40. The smallest absolute Gasteiger partial charge is 0.243 e. The van der Waals surface area contributed by atoms with Crippen molar-refractivity contribution < 1.29 is 9.53 Å². The van der Waals surface area contributed by atoms with E-state index in [4.69, 9.17) is 27.9 Å². The third-order valence-corrected chi connectivity index (χ3v) is 4.74. The molecule has 7 heteroatoms. The van der Waals surface area contributed by atoms with Crippen LogP contribution in [0.25, 0.3) is 0 Å². The standard InChI is InChI=1S/C18H19Cl2N3O2/c19-13-4-3-6-15(18(13)20)21-12-17(24)22-14-5-1-2-7-16(14)23-8-10-25-11-9-23/h1-7,21H,8-12H2,(H,22,24). The van der Waals surface area contributed by atoms with E-state index in [9.17, 15) is 4.79 Å². The topological polar surface area (TPSA) is 53.6 Å². The van der Waals surface area contributed by atoms with Crippen LogP contribution in [0.3, 0.4) is 0 Å². The van der Waals surface area contributed by atoms with Gasteiger partial charge in [0.25, 0.3) is 0 Å². The molecule has 2 aromatic rings. The maximum atomic E-state index is 12.3. The van der Waals surface area contributed by atoms with Crippen molar-refractivity contribution in [3.8, 4) is 0 Å². The molecule has 0 atom stereocenters. The Balaban J connectivity index is 1.64. The summed E-state index contributed by atoms with van der Waals surface area (Å²) in [6, 6.07) is 13.0. The number of nitrogens with one attached hydrogen (secondary N) is 2. The van der Waals surface area contributed by atoms with E-state index in [-0.39, 0.29) is 12.5 Å². The van der Waals surface area contributed by atoms with E-state index in [1.807, 2.05) is 24.3 Å². The zero-order valence-electron chi connectivity index (χ0n) is 13.6. The highest BCUT2D eigenvalue weighted by atomic mass is 35.5. The van der Waals surface area contributed by atoms with Gasteiger partial charge in [-0.3, -0.25) is 4.79 Å². The molecule has 1 aliphatic heterocycles. The summed E-state index contributed by atoms with van der Waals surface area (Å²) in [5.74, 6) is -0.156. The molecule has 132 valence electrons. The summed E-state index contributed by atoms with van der Waals surface area (Å²) in [7, 11) is 0. The summed E-state index contributed by atoms with van der Waals surface area (Å²) in [4.78, 5) is 14.5. The Morgan fingerprint density at radius 2 is 1.76 bits per heavy atom. The lowest BCUT2D eigenvalue weighted by Crippen LogP contribution is -2.37. The lowest BCUT2D eigenvalue weighted by molar-refractivity contribution is -0.114. The second kappa shape index (κ2) is 8.43. The molecule has 25 heavy (non-hydrogen) atoms. The normalized spacial score (nSPS) is 14.2. The highest BCUT2D eigenvalue weighted by molar-refractivity contribution is 6.43. The van der Waals surface area contributed by atoms with Crippen molar-refractivity contribution in [1.82, 2.24) is 0 Å². The largest absolute Gasteiger partial charge is 0.378 e. The van der Waals surface area contributed by atoms with Crippen molar-refractivity contribution in [2.75, 3.05) is 48.4 Å². The number of carbonyl (C=O) groups excluding carboxylic acids is 1. The van der Waals surface area contributed by atoms with Crippen LogP contribution < -0.4 is 15.5 Å². The van der Waals surface area contributed by atoms with Gasteiger partial charge in [0.2, 0.25) is 5.91 Å². The lowest BCUT2D eigenvalue weighted by Gasteiger charge is -2.30. The number of nitrogens with zero attached hydrogens (tertiary/aromatic N) is 1. The number of halogens is 2. The van der Waals surface area contributed by atoms with Crippen LogP contribution in [-0.4, -0.2) is 38.8 Å². The molecule has 2 aromatic carbocycles. The number of benzene rings is 2. The fourth-order valence-corrected chi connectivity index (χ4v) is 3.04. The lowest BCUT2D eigenvalue weighted by atomic mass is 10.2. The quantitative estimate of drug-likeness (QED) is 0.827. The van der Waals surface area contributed by atoms with E-state index < -0.39 is 0 Å². The third-order valence-electron chi connectivity index (χ3n) is 3.92. The van der Waals surface area contributed by atoms with Crippen LogP contribution in [0.2, 0.25) is 10.0 Å². The van der Waals surface area contributed by atoms with Crippen molar-refractivity contribution >= 4 is 46.2 Å². The number of ether oxygens (including phenoxy) is 1. The van der Waals surface area contributed by atoms with Gasteiger partial charge in [0.15, 0.2) is 0 Å². The van der Waals surface area contributed by atoms with Gasteiger partial charge in [-0.2, -0.15) is 0 Å². The van der Waals surface area contributed by atoms with E-state index in [1.165, 1.54) is 0 Å². The maximum absolute atomic E-state index is 12.3. The molecule has 0 saturated carbocycles. The van der Waals surface area contributed by atoms with Crippen molar-refractivity contribution in [2.45, 2.75) is 0 Å². The van der Waals surface area contributed by atoms with Crippen LogP contribution in [0.15, 0.2) is 42.5 Å². The Labute approximate surface area is 156 Å². The zero-order chi connectivity index (χ0) is 17.6. The van der Waals surface area contributed by atoms with Crippen molar-refractivity contribution in [3.05, 3.63) is 52.5 Å². The zero-order valence-corrected chi connectivity index (χ0v) is 15.1. The predicted octanol–water partition coefficient (Wildman–Crippen LogP) is 3.88. The minimum Gasteiger partial charge on any atom is -0.378 e. The van der Waals surface area contributed by atoms with Gasteiger partial charge >= 0.3 is 0 Å². The van der Waals surface area contributed by atoms with Crippen LogP contribution in [0.4, 0.5) is 17.1 Å². The number of amides is 1. The first-order valence-corrected chi connectivity index (χ1v) is 8.80. The number of anilines is 3. The van der Waals surface area contributed by atoms with Crippen LogP contribution in [-0.2, 0) is 9.53 Å². The molecule has 0 unspecified atom stereocenters. The molecule has 1 fully saturated rings.